The highest BCUT2D eigenvalue weighted by Gasteiger charge is 2.22. The Labute approximate surface area is 179 Å². The summed E-state index contributed by atoms with van der Waals surface area (Å²) in [7, 11) is 1.65. The molecule has 31 heavy (non-hydrogen) atoms. The highest BCUT2D eigenvalue weighted by Crippen LogP contribution is 2.31. The lowest BCUT2D eigenvalue weighted by Crippen LogP contribution is -2.33. The molecule has 0 amide bonds. The molecule has 8 nitrogen and oxygen atoms in total. The normalized spacial score (nSPS) is 13.3. The highest BCUT2D eigenvalue weighted by atomic mass is 16.5. The molecule has 0 bridgehead atoms. The average molecular weight is 414 g/mol. The molecule has 0 unspecified atom stereocenters. The van der Waals surface area contributed by atoms with E-state index in [4.69, 9.17) is 9.72 Å². The third-order valence-electron chi connectivity index (χ3n) is 5.59. The molecule has 0 N–H and O–H groups in total. The summed E-state index contributed by atoms with van der Waals surface area (Å²) in [5.74, 6) is 1.55. The number of pyridine rings is 2. The minimum atomic E-state index is -0.172. The van der Waals surface area contributed by atoms with E-state index in [0.29, 0.717) is 17.9 Å². The number of fused-ring (bicyclic) bond motifs is 2. The second-order valence-electron chi connectivity index (χ2n) is 7.73. The number of aromatic nitrogens is 5. The van der Waals surface area contributed by atoms with E-state index in [9.17, 15) is 4.79 Å². The first-order valence-electron chi connectivity index (χ1n) is 10.1. The van der Waals surface area contributed by atoms with Gasteiger partial charge in [-0.1, -0.05) is 0 Å². The van der Waals surface area contributed by atoms with Crippen LogP contribution in [0.5, 0.6) is 5.75 Å². The minimum absolute atomic E-state index is 0.172. The van der Waals surface area contributed by atoms with Crippen molar-refractivity contribution in [3.05, 3.63) is 75.7 Å². The summed E-state index contributed by atoms with van der Waals surface area (Å²) >= 11 is 0. The number of hydrogen-bond acceptors (Lipinski definition) is 7. The second kappa shape index (κ2) is 7.46. The molecular formula is C23H22N6O2. The zero-order valence-corrected chi connectivity index (χ0v) is 17.7. The van der Waals surface area contributed by atoms with Crippen molar-refractivity contribution in [2.24, 2.45) is 0 Å². The molecule has 5 heterocycles. The Morgan fingerprint density at radius 3 is 2.84 bits per heavy atom. The SMILES string of the molecule is COc1ccncc1-c1cnc2c(c1)CN(c1nn3c(=O)cc(C)nc3cc1C)CC2. The molecule has 0 aliphatic carbocycles. The van der Waals surface area contributed by atoms with E-state index in [1.807, 2.05) is 32.2 Å². The first-order chi connectivity index (χ1) is 15.0. The third-order valence-corrected chi connectivity index (χ3v) is 5.59. The van der Waals surface area contributed by atoms with Gasteiger partial charge in [0.25, 0.3) is 5.56 Å². The Kier molecular flexibility index (Phi) is 4.62. The Morgan fingerprint density at radius 2 is 2.00 bits per heavy atom. The average Bonchev–Trinajstić information content (AvgIpc) is 2.77. The largest absolute Gasteiger partial charge is 0.496 e. The summed E-state index contributed by atoms with van der Waals surface area (Å²) < 4.78 is 6.86. The van der Waals surface area contributed by atoms with Gasteiger partial charge in [-0.25, -0.2) is 4.98 Å². The second-order valence-corrected chi connectivity index (χ2v) is 7.73. The van der Waals surface area contributed by atoms with Gasteiger partial charge in [-0.2, -0.15) is 4.52 Å². The highest BCUT2D eigenvalue weighted by molar-refractivity contribution is 5.69. The molecular weight excluding hydrogens is 392 g/mol. The van der Waals surface area contributed by atoms with Gasteiger partial charge in [0.1, 0.15) is 5.75 Å². The van der Waals surface area contributed by atoms with Crippen LogP contribution >= 0.6 is 0 Å². The fourth-order valence-electron chi connectivity index (χ4n) is 4.08. The van der Waals surface area contributed by atoms with Crippen molar-refractivity contribution in [3.8, 4) is 16.9 Å². The monoisotopic (exact) mass is 414 g/mol. The van der Waals surface area contributed by atoms with Gasteiger partial charge in [-0.05, 0) is 43.2 Å². The van der Waals surface area contributed by atoms with E-state index in [1.165, 1.54) is 10.6 Å². The number of nitrogens with zero attached hydrogens (tertiary/aromatic N) is 6. The van der Waals surface area contributed by atoms with Gasteiger partial charge in [0.15, 0.2) is 11.5 Å². The summed E-state index contributed by atoms with van der Waals surface area (Å²) in [6.07, 6.45) is 6.18. The maximum Gasteiger partial charge on any atom is 0.274 e. The molecule has 8 heteroatoms. The van der Waals surface area contributed by atoms with Crippen LogP contribution in [0.1, 0.15) is 22.5 Å². The van der Waals surface area contributed by atoms with Crippen LogP contribution in [0.3, 0.4) is 0 Å². The predicted octanol–water partition coefficient (Wildman–Crippen LogP) is 2.73. The molecule has 1 aliphatic heterocycles. The van der Waals surface area contributed by atoms with Crippen LogP contribution in [0.4, 0.5) is 5.82 Å². The van der Waals surface area contributed by atoms with Crippen LogP contribution in [-0.4, -0.2) is 38.2 Å². The van der Waals surface area contributed by atoms with Crippen LogP contribution in [0.15, 0.2) is 47.7 Å². The Morgan fingerprint density at radius 1 is 1.13 bits per heavy atom. The van der Waals surface area contributed by atoms with Crippen LogP contribution in [-0.2, 0) is 13.0 Å². The van der Waals surface area contributed by atoms with Crippen molar-refractivity contribution in [2.75, 3.05) is 18.6 Å². The standard InChI is InChI=1S/C23H22N6O2/c1-14-8-21-26-15(2)9-22(30)29(21)27-23(14)28-7-5-19-17(13-28)10-16(11-25-19)18-12-24-6-4-20(18)31-3/h4,6,8-12H,5,7,13H2,1-3H3. The van der Waals surface area contributed by atoms with Gasteiger partial charge in [-0.3, -0.25) is 14.8 Å². The van der Waals surface area contributed by atoms with E-state index in [0.717, 1.165) is 52.5 Å². The summed E-state index contributed by atoms with van der Waals surface area (Å²) in [5.41, 5.74) is 6.15. The Hall–Kier alpha value is -3.81. The molecule has 0 spiro atoms. The number of anilines is 1. The predicted molar refractivity (Wildman–Crippen MR) is 118 cm³/mol. The van der Waals surface area contributed by atoms with Gasteiger partial charge in [-0.15, -0.1) is 5.10 Å². The van der Waals surface area contributed by atoms with Gasteiger partial charge >= 0.3 is 0 Å². The topological polar surface area (TPSA) is 85.5 Å². The van der Waals surface area contributed by atoms with Crippen LogP contribution in [0.25, 0.3) is 16.8 Å². The molecule has 0 atom stereocenters. The Bertz CT molecular complexity index is 1360. The van der Waals surface area contributed by atoms with Crippen molar-refractivity contribution in [1.82, 2.24) is 24.6 Å². The van der Waals surface area contributed by atoms with Crippen molar-refractivity contribution in [1.29, 1.82) is 0 Å². The Balaban J connectivity index is 1.53. The number of hydrogen-bond donors (Lipinski definition) is 0. The van der Waals surface area contributed by atoms with E-state index < -0.39 is 0 Å². The van der Waals surface area contributed by atoms with Crippen molar-refractivity contribution in [2.45, 2.75) is 26.8 Å². The molecule has 4 aromatic rings. The third kappa shape index (κ3) is 3.39. The van der Waals surface area contributed by atoms with Crippen molar-refractivity contribution < 1.29 is 4.74 Å². The zero-order valence-electron chi connectivity index (χ0n) is 17.7. The van der Waals surface area contributed by atoms with E-state index in [2.05, 4.69) is 26.0 Å². The molecule has 156 valence electrons. The van der Waals surface area contributed by atoms with Gasteiger partial charge in [0.2, 0.25) is 0 Å². The van der Waals surface area contributed by atoms with Crippen LogP contribution < -0.4 is 15.2 Å². The number of rotatable bonds is 3. The first-order valence-corrected chi connectivity index (χ1v) is 10.1. The van der Waals surface area contributed by atoms with E-state index >= 15 is 0 Å². The maximum atomic E-state index is 12.4. The molecule has 0 fully saturated rings. The maximum absolute atomic E-state index is 12.4. The summed E-state index contributed by atoms with van der Waals surface area (Å²) in [4.78, 5) is 28.0. The minimum Gasteiger partial charge on any atom is -0.496 e. The quantitative estimate of drug-likeness (QED) is 0.509. The fourth-order valence-corrected chi connectivity index (χ4v) is 4.08. The molecule has 1 aliphatic rings. The molecule has 0 aromatic carbocycles. The molecule has 0 saturated heterocycles. The lowest BCUT2D eigenvalue weighted by atomic mass is 10.0. The molecule has 0 saturated carbocycles. The molecule has 5 rings (SSSR count). The number of methoxy groups -OCH3 is 1. The zero-order chi connectivity index (χ0) is 21.5. The van der Waals surface area contributed by atoms with Gasteiger partial charge in [0, 0.05) is 66.7 Å². The van der Waals surface area contributed by atoms with E-state index in [1.54, 1.807) is 19.5 Å². The van der Waals surface area contributed by atoms with Gasteiger partial charge < -0.3 is 9.64 Å². The lowest BCUT2D eigenvalue weighted by molar-refractivity contribution is 0.416. The number of aryl methyl sites for hydroxylation is 2. The summed E-state index contributed by atoms with van der Waals surface area (Å²) in [6, 6.07) is 7.40. The smallest absolute Gasteiger partial charge is 0.274 e. The first kappa shape index (κ1) is 19.2. The molecule has 0 radical (unpaired) electrons. The van der Waals surface area contributed by atoms with Gasteiger partial charge in [0.05, 0.1) is 7.11 Å². The van der Waals surface area contributed by atoms with Crippen molar-refractivity contribution in [3.63, 3.8) is 0 Å². The summed E-state index contributed by atoms with van der Waals surface area (Å²) in [6.45, 7) is 5.25. The fraction of sp³-hybridized carbons (Fsp3) is 0.261. The van der Waals surface area contributed by atoms with Crippen molar-refractivity contribution >= 4 is 11.5 Å². The summed E-state index contributed by atoms with van der Waals surface area (Å²) in [5, 5.41) is 4.64. The van der Waals surface area contributed by atoms with E-state index in [-0.39, 0.29) is 5.56 Å². The van der Waals surface area contributed by atoms with Crippen LogP contribution in [0, 0.1) is 13.8 Å². The number of ether oxygens (including phenoxy) is 1. The lowest BCUT2D eigenvalue weighted by Gasteiger charge is -2.30. The van der Waals surface area contributed by atoms with Crippen LogP contribution in [0.2, 0.25) is 0 Å². The molecule has 4 aromatic heterocycles.